The molecule has 4 aromatic rings. The summed E-state index contributed by atoms with van der Waals surface area (Å²) in [6.07, 6.45) is 3.02. The second-order valence-corrected chi connectivity index (χ2v) is 9.76. The van der Waals surface area contributed by atoms with E-state index < -0.39 is 9.84 Å². The van der Waals surface area contributed by atoms with E-state index in [0.29, 0.717) is 33.4 Å². The fourth-order valence-electron chi connectivity index (χ4n) is 3.17. The van der Waals surface area contributed by atoms with Crippen LogP contribution in [0.5, 0.6) is 0 Å². The molecular weight excluding hydrogens is 438 g/mol. The first-order chi connectivity index (χ1) is 14.8. The lowest BCUT2D eigenvalue weighted by Crippen LogP contribution is -2.21. The highest BCUT2D eigenvalue weighted by molar-refractivity contribution is 7.98. The third-order valence-corrected chi connectivity index (χ3v) is 5.83. The van der Waals surface area contributed by atoms with Crippen molar-refractivity contribution in [3.05, 3.63) is 54.4 Å². The van der Waals surface area contributed by atoms with Gasteiger partial charge in [-0.05, 0) is 47.0 Å². The Balaban J connectivity index is 1.59. The van der Waals surface area contributed by atoms with Gasteiger partial charge in [0.25, 0.3) is 0 Å². The Kier molecular flexibility index (Phi) is 5.74. The molecule has 0 aliphatic carbocycles. The number of anilines is 1. The van der Waals surface area contributed by atoms with Gasteiger partial charge >= 0.3 is 0 Å². The zero-order valence-corrected chi connectivity index (χ0v) is 18.4. The molecule has 0 atom stereocenters. The number of tetrazole rings is 1. The van der Waals surface area contributed by atoms with Gasteiger partial charge in [-0.25, -0.2) is 13.4 Å². The van der Waals surface area contributed by atoms with Crippen molar-refractivity contribution < 1.29 is 13.2 Å². The Morgan fingerprint density at radius 1 is 1.16 bits per heavy atom. The third-order valence-electron chi connectivity index (χ3n) is 4.42. The fraction of sp³-hybridized carbons (Fsp3) is 0.211. The van der Waals surface area contributed by atoms with E-state index in [1.54, 1.807) is 33.5 Å². The van der Waals surface area contributed by atoms with Crippen LogP contribution in [-0.2, 0) is 26.9 Å². The highest BCUT2D eigenvalue weighted by Gasteiger charge is 2.17. The summed E-state index contributed by atoms with van der Waals surface area (Å²) in [5.41, 5.74) is 2.61. The number of rotatable bonds is 7. The zero-order chi connectivity index (χ0) is 22.0. The number of hydrogen-bond donors (Lipinski definition) is 1. The molecular formula is C19H19N7O3S2. The molecule has 2 aromatic carbocycles. The fourth-order valence-corrected chi connectivity index (χ4v) is 4.30. The van der Waals surface area contributed by atoms with Crippen LogP contribution < -0.4 is 5.32 Å². The van der Waals surface area contributed by atoms with Crippen LogP contribution in [0.15, 0.2) is 53.7 Å². The van der Waals surface area contributed by atoms with E-state index in [1.165, 1.54) is 11.8 Å². The molecule has 10 nitrogen and oxygen atoms in total. The molecule has 2 heterocycles. The van der Waals surface area contributed by atoms with Crippen LogP contribution in [0.3, 0.4) is 0 Å². The quantitative estimate of drug-likeness (QED) is 0.417. The van der Waals surface area contributed by atoms with E-state index in [-0.39, 0.29) is 18.2 Å². The SMILES string of the molecule is CSc1nnnn1-c1cccc(NC(=O)Cn2c(CS(C)(=O)=O)nc3ccccc32)c1. The summed E-state index contributed by atoms with van der Waals surface area (Å²) in [4.78, 5) is 17.2. The van der Waals surface area contributed by atoms with Gasteiger partial charge in [0, 0.05) is 11.9 Å². The maximum Gasteiger partial charge on any atom is 0.244 e. The van der Waals surface area contributed by atoms with E-state index >= 15 is 0 Å². The maximum atomic E-state index is 12.8. The summed E-state index contributed by atoms with van der Waals surface area (Å²) in [6.45, 7) is -0.0729. The predicted molar refractivity (Wildman–Crippen MR) is 118 cm³/mol. The molecule has 1 N–H and O–H groups in total. The first-order valence-electron chi connectivity index (χ1n) is 9.18. The summed E-state index contributed by atoms with van der Waals surface area (Å²) < 4.78 is 26.9. The predicted octanol–water partition coefficient (Wildman–Crippen LogP) is 1.92. The van der Waals surface area contributed by atoms with Crippen molar-refractivity contribution in [2.24, 2.45) is 0 Å². The summed E-state index contributed by atoms with van der Waals surface area (Å²) in [7, 11) is -3.32. The van der Waals surface area contributed by atoms with E-state index in [9.17, 15) is 13.2 Å². The number of sulfone groups is 1. The Bertz CT molecular complexity index is 1360. The minimum absolute atomic E-state index is 0.0729. The van der Waals surface area contributed by atoms with Crippen molar-refractivity contribution in [3.63, 3.8) is 0 Å². The first kappa shape index (κ1) is 21.0. The molecule has 0 radical (unpaired) electrons. The Labute approximate surface area is 182 Å². The number of thioether (sulfide) groups is 1. The van der Waals surface area contributed by atoms with Crippen LogP contribution >= 0.6 is 11.8 Å². The van der Waals surface area contributed by atoms with E-state index in [0.717, 1.165) is 6.26 Å². The minimum Gasteiger partial charge on any atom is -0.324 e. The molecule has 0 saturated carbocycles. The summed E-state index contributed by atoms with van der Waals surface area (Å²) in [6, 6.07) is 14.4. The second-order valence-electron chi connectivity index (χ2n) is 6.85. The summed E-state index contributed by atoms with van der Waals surface area (Å²) in [5.74, 6) is -0.232. The molecule has 0 unspecified atom stereocenters. The van der Waals surface area contributed by atoms with Gasteiger partial charge in [0.1, 0.15) is 18.1 Å². The number of fused-ring (bicyclic) bond motifs is 1. The van der Waals surface area contributed by atoms with Crippen molar-refractivity contribution in [2.45, 2.75) is 17.5 Å². The molecule has 0 bridgehead atoms. The number of imidazole rings is 1. The van der Waals surface area contributed by atoms with Crippen LogP contribution in [0.25, 0.3) is 16.7 Å². The highest BCUT2D eigenvalue weighted by Crippen LogP contribution is 2.20. The molecule has 0 spiro atoms. The van der Waals surface area contributed by atoms with Crippen LogP contribution in [-0.4, -0.2) is 56.6 Å². The highest BCUT2D eigenvalue weighted by atomic mass is 32.2. The molecule has 2 aromatic heterocycles. The smallest absolute Gasteiger partial charge is 0.244 e. The lowest BCUT2D eigenvalue weighted by molar-refractivity contribution is -0.116. The second kappa shape index (κ2) is 8.47. The number of benzene rings is 2. The number of para-hydroxylation sites is 2. The largest absolute Gasteiger partial charge is 0.324 e. The first-order valence-corrected chi connectivity index (χ1v) is 12.5. The topological polar surface area (TPSA) is 125 Å². The Morgan fingerprint density at radius 3 is 2.74 bits per heavy atom. The van der Waals surface area contributed by atoms with Gasteiger partial charge in [0.2, 0.25) is 11.1 Å². The average Bonchev–Trinajstić information content (AvgIpc) is 3.32. The van der Waals surface area contributed by atoms with E-state index in [4.69, 9.17) is 0 Å². The summed E-state index contributed by atoms with van der Waals surface area (Å²) in [5, 5.41) is 15.1. The lowest BCUT2D eigenvalue weighted by atomic mass is 10.2. The molecule has 12 heteroatoms. The molecule has 31 heavy (non-hydrogen) atoms. The van der Waals surface area contributed by atoms with Crippen LogP contribution in [0, 0.1) is 0 Å². The number of carbonyl (C=O) groups is 1. The number of hydrogen-bond acceptors (Lipinski definition) is 8. The van der Waals surface area contributed by atoms with Gasteiger partial charge in [-0.2, -0.15) is 4.68 Å². The van der Waals surface area contributed by atoms with Crippen molar-refractivity contribution in [3.8, 4) is 5.69 Å². The molecule has 0 fully saturated rings. The number of nitrogens with one attached hydrogen (secondary N) is 1. The Hall–Kier alpha value is -3.25. The van der Waals surface area contributed by atoms with Gasteiger partial charge in [0.15, 0.2) is 9.84 Å². The number of carbonyl (C=O) groups excluding carboxylic acids is 1. The maximum absolute atomic E-state index is 12.8. The van der Waals surface area contributed by atoms with Crippen LogP contribution in [0.1, 0.15) is 5.82 Å². The summed E-state index contributed by atoms with van der Waals surface area (Å²) >= 11 is 1.41. The molecule has 1 amide bonds. The standard InChI is InChI=1S/C19H19N7O3S2/c1-30-19-22-23-24-26(19)14-7-5-6-13(10-14)20-18(27)11-25-16-9-4-3-8-15(16)21-17(25)12-31(2,28)29/h3-10H,11-12H2,1-2H3,(H,20,27). The van der Waals surface area contributed by atoms with E-state index in [2.05, 4.69) is 25.8 Å². The molecule has 0 saturated heterocycles. The number of aromatic nitrogens is 6. The number of amides is 1. The van der Waals surface area contributed by atoms with Crippen molar-refractivity contribution in [2.75, 3.05) is 17.8 Å². The lowest BCUT2D eigenvalue weighted by Gasteiger charge is -2.11. The molecule has 0 aliphatic heterocycles. The van der Waals surface area contributed by atoms with Gasteiger partial charge in [-0.1, -0.05) is 30.0 Å². The van der Waals surface area contributed by atoms with Crippen LogP contribution in [0.4, 0.5) is 5.69 Å². The normalized spacial score (nSPS) is 11.7. The average molecular weight is 458 g/mol. The van der Waals surface area contributed by atoms with Crippen molar-refractivity contribution >= 4 is 44.2 Å². The number of nitrogens with zero attached hydrogens (tertiary/aromatic N) is 6. The van der Waals surface area contributed by atoms with Gasteiger partial charge < -0.3 is 9.88 Å². The third kappa shape index (κ3) is 4.75. The van der Waals surface area contributed by atoms with Crippen molar-refractivity contribution in [1.82, 2.24) is 29.8 Å². The minimum atomic E-state index is -3.32. The van der Waals surface area contributed by atoms with Gasteiger partial charge in [-0.3, -0.25) is 4.79 Å². The van der Waals surface area contributed by atoms with Crippen LogP contribution in [0.2, 0.25) is 0 Å². The molecule has 0 aliphatic rings. The van der Waals surface area contributed by atoms with Crippen molar-refractivity contribution in [1.29, 1.82) is 0 Å². The molecule has 160 valence electrons. The molecule has 4 rings (SSSR count). The van der Waals surface area contributed by atoms with E-state index in [1.807, 2.05) is 30.5 Å². The zero-order valence-electron chi connectivity index (χ0n) is 16.8. The van der Waals surface area contributed by atoms with Gasteiger partial charge in [-0.15, -0.1) is 5.10 Å². The van der Waals surface area contributed by atoms with Gasteiger partial charge in [0.05, 0.1) is 16.7 Å². The Morgan fingerprint density at radius 2 is 1.97 bits per heavy atom. The monoisotopic (exact) mass is 457 g/mol.